The number of sulfonamides is 1. The summed E-state index contributed by atoms with van der Waals surface area (Å²) in [5.41, 5.74) is 1.56. The van der Waals surface area contributed by atoms with Gasteiger partial charge < -0.3 is 5.32 Å². The molecule has 1 aromatic rings. The Morgan fingerprint density at radius 2 is 2.24 bits per heavy atom. The van der Waals surface area contributed by atoms with Crippen LogP contribution in [0, 0.1) is 6.92 Å². The van der Waals surface area contributed by atoms with E-state index in [1.54, 1.807) is 6.07 Å². The summed E-state index contributed by atoms with van der Waals surface area (Å²) in [4.78, 5) is 0.297. The van der Waals surface area contributed by atoms with E-state index in [2.05, 4.69) is 5.32 Å². The van der Waals surface area contributed by atoms with Crippen molar-refractivity contribution in [2.24, 2.45) is 0 Å². The third-order valence-electron chi connectivity index (χ3n) is 3.37. The smallest absolute Gasteiger partial charge is 0.246 e. The molecule has 1 saturated heterocycles. The fourth-order valence-electron chi connectivity index (χ4n) is 2.47. The zero-order chi connectivity index (χ0) is 12.2. The molecule has 4 nitrogen and oxygen atoms in total. The molecular formula is C11H13ClN2O2S. The van der Waals surface area contributed by atoms with Crippen LogP contribution in [0.5, 0.6) is 0 Å². The highest BCUT2D eigenvalue weighted by Crippen LogP contribution is 2.38. The van der Waals surface area contributed by atoms with Crippen molar-refractivity contribution in [2.45, 2.75) is 30.8 Å². The molecule has 0 bridgehead atoms. The summed E-state index contributed by atoms with van der Waals surface area (Å²) in [6.45, 7) is 2.46. The standard InChI is InChI=1S/C11H13ClN2O2S/c1-7-5-9-10(6-8(7)12)17(15,16)14-4-2-3-11(14)13-9/h5-6,11,13H,2-4H2,1H3. The minimum absolute atomic E-state index is 0.0897. The van der Waals surface area contributed by atoms with Crippen molar-refractivity contribution < 1.29 is 8.42 Å². The summed E-state index contributed by atoms with van der Waals surface area (Å²) in [6.07, 6.45) is 1.67. The second-order valence-corrected chi connectivity index (χ2v) is 6.78. The zero-order valence-corrected chi connectivity index (χ0v) is 11.0. The topological polar surface area (TPSA) is 49.4 Å². The molecule has 3 rings (SSSR count). The zero-order valence-electron chi connectivity index (χ0n) is 9.40. The van der Waals surface area contributed by atoms with Crippen molar-refractivity contribution in [3.05, 3.63) is 22.7 Å². The predicted molar refractivity (Wildman–Crippen MR) is 66.7 cm³/mol. The van der Waals surface area contributed by atoms with Crippen molar-refractivity contribution in [1.29, 1.82) is 0 Å². The van der Waals surface area contributed by atoms with Crippen LogP contribution in [0.3, 0.4) is 0 Å². The molecule has 0 saturated carbocycles. The largest absolute Gasteiger partial charge is 0.368 e. The average Bonchev–Trinajstić information content (AvgIpc) is 2.71. The highest BCUT2D eigenvalue weighted by Gasteiger charge is 2.41. The lowest BCUT2D eigenvalue weighted by atomic mass is 10.2. The maximum Gasteiger partial charge on any atom is 0.246 e. The van der Waals surface area contributed by atoms with Crippen molar-refractivity contribution in [3.8, 4) is 0 Å². The number of hydrogen-bond acceptors (Lipinski definition) is 3. The van der Waals surface area contributed by atoms with Gasteiger partial charge in [0.25, 0.3) is 0 Å². The molecule has 0 aliphatic carbocycles. The molecular weight excluding hydrogens is 260 g/mol. The predicted octanol–water partition coefficient (Wildman–Crippen LogP) is 2.18. The van der Waals surface area contributed by atoms with E-state index < -0.39 is 10.0 Å². The van der Waals surface area contributed by atoms with Crippen LogP contribution in [0.4, 0.5) is 5.69 Å². The summed E-state index contributed by atoms with van der Waals surface area (Å²) >= 11 is 6.01. The van der Waals surface area contributed by atoms with Gasteiger partial charge in [0.15, 0.2) is 0 Å². The Hall–Kier alpha value is -0.780. The number of fused-ring (bicyclic) bond motifs is 2. The molecule has 2 heterocycles. The van der Waals surface area contributed by atoms with Gasteiger partial charge in [-0.25, -0.2) is 8.42 Å². The van der Waals surface area contributed by atoms with E-state index in [0.29, 0.717) is 22.2 Å². The minimum Gasteiger partial charge on any atom is -0.368 e. The highest BCUT2D eigenvalue weighted by atomic mass is 35.5. The maximum atomic E-state index is 12.4. The van der Waals surface area contributed by atoms with E-state index in [-0.39, 0.29) is 6.17 Å². The second-order valence-electron chi connectivity index (χ2n) is 4.52. The van der Waals surface area contributed by atoms with Gasteiger partial charge in [-0.15, -0.1) is 0 Å². The SMILES string of the molecule is Cc1cc2c(cc1Cl)S(=O)(=O)N1CCCC1N2. The van der Waals surface area contributed by atoms with Crippen molar-refractivity contribution in [3.63, 3.8) is 0 Å². The first-order chi connectivity index (χ1) is 8.00. The number of anilines is 1. The van der Waals surface area contributed by atoms with Crippen LogP contribution in [0.15, 0.2) is 17.0 Å². The lowest BCUT2D eigenvalue weighted by molar-refractivity contribution is 0.406. The number of rotatable bonds is 0. The third kappa shape index (κ3) is 1.57. The Labute approximate surface area is 106 Å². The first kappa shape index (κ1) is 11.3. The summed E-state index contributed by atoms with van der Waals surface area (Å²) in [5, 5.41) is 3.76. The van der Waals surface area contributed by atoms with E-state index in [4.69, 9.17) is 11.6 Å². The van der Waals surface area contributed by atoms with Gasteiger partial charge in [-0.1, -0.05) is 11.6 Å². The van der Waals surface area contributed by atoms with Crippen molar-refractivity contribution in [2.75, 3.05) is 11.9 Å². The molecule has 0 radical (unpaired) electrons. The van der Waals surface area contributed by atoms with Crippen LogP contribution in [0.25, 0.3) is 0 Å². The Bertz CT molecular complexity index is 585. The van der Waals surface area contributed by atoms with Crippen LogP contribution in [-0.4, -0.2) is 25.4 Å². The molecule has 0 amide bonds. The van der Waals surface area contributed by atoms with Crippen LogP contribution in [-0.2, 0) is 10.0 Å². The Morgan fingerprint density at radius 3 is 3.00 bits per heavy atom. The fraction of sp³-hybridized carbons (Fsp3) is 0.455. The molecule has 1 atom stereocenters. The molecule has 92 valence electrons. The number of hydrogen-bond donors (Lipinski definition) is 1. The fourth-order valence-corrected chi connectivity index (χ4v) is 4.47. The third-order valence-corrected chi connectivity index (χ3v) is 5.73. The van der Waals surface area contributed by atoms with Gasteiger partial charge in [0.1, 0.15) is 4.90 Å². The lowest BCUT2D eigenvalue weighted by Crippen LogP contribution is -2.44. The first-order valence-corrected chi connectivity index (χ1v) is 7.40. The molecule has 0 aromatic heterocycles. The number of benzene rings is 1. The van der Waals surface area contributed by atoms with Gasteiger partial charge in [-0.05, 0) is 37.5 Å². The van der Waals surface area contributed by atoms with Crippen molar-refractivity contribution in [1.82, 2.24) is 4.31 Å². The van der Waals surface area contributed by atoms with Crippen molar-refractivity contribution >= 4 is 27.3 Å². The van der Waals surface area contributed by atoms with Crippen LogP contribution in [0.1, 0.15) is 18.4 Å². The molecule has 6 heteroatoms. The summed E-state index contributed by atoms with van der Waals surface area (Å²) in [6, 6.07) is 3.36. The molecule has 2 aliphatic heterocycles. The number of halogens is 1. The van der Waals surface area contributed by atoms with E-state index in [9.17, 15) is 8.42 Å². The molecule has 1 aromatic carbocycles. The van der Waals surface area contributed by atoms with Crippen LogP contribution in [0.2, 0.25) is 5.02 Å². The Balaban J connectivity index is 2.23. The second kappa shape index (κ2) is 3.60. The van der Waals surface area contributed by atoms with Crippen LogP contribution < -0.4 is 5.32 Å². The Morgan fingerprint density at radius 1 is 1.47 bits per heavy atom. The number of aryl methyl sites for hydroxylation is 1. The maximum absolute atomic E-state index is 12.4. The van der Waals surface area contributed by atoms with Gasteiger partial charge in [-0.2, -0.15) is 4.31 Å². The molecule has 17 heavy (non-hydrogen) atoms. The number of nitrogens with zero attached hydrogens (tertiary/aromatic N) is 1. The normalized spacial score (nSPS) is 26.1. The molecule has 1 fully saturated rings. The molecule has 1 unspecified atom stereocenters. The average molecular weight is 273 g/mol. The van der Waals surface area contributed by atoms with E-state index >= 15 is 0 Å². The van der Waals surface area contributed by atoms with E-state index in [1.165, 1.54) is 4.31 Å². The number of nitrogens with one attached hydrogen (secondary N) is 1. The van der Waals surface area contributed by atoms with Gasteiger partial charge in [0.2, 0.25) is 10.0 Å². The van der Waals surface area contributed by atoms with E-state index in [0.717, 1.165) is 18.4 Å². The van der Waals surface area contributed by atoms with Gasteiger partial charge in [-0.3, -0.25) is 0 Å². The lowest BCUT2D eigenvalue weighted by Gasteiger charge is -2.32. The molecule has 1 N–H and O–H groups in total. The first-order valence-electron chi connectivity index (χ1n) is 5.59. The van der Waals surface area contributed by atoms with Gasteiger partial charge >= 0.3 is 0 Å². The molecule has 2 aliphatic rings. The van der Waals surface area contributed by atoms with Gasteiger partial charge in [0.05, 0.1) is 11.9 Å². The summed E-state index contributed by atoms with van der Waals surface area (Å²) in [5.74, 6) is 0. The minimum atomic E-state index is -3.37. The molecule has 0 spiro atoms. The summed E-state index contributed by atoms with van der Waals surface area (Å²) in [7, 11) is -3.37. The Kier molecular flexibility index (Phi) is 2.40. The van der Waals surface area contributed by atoms with Gasteiger partial charge in [0, 0.05) is 11.6 Å². The van der Waals surface area contributed by atoms with E-state index in [1.807, 2.05) is 13.0 Å². The quantitative estimate of drug-likeness (QED) is 0.788. The van der Waals surface area contributed by atoms with Crippen LogP contribution >= 0.6 is 11.6 Å². The highest BCUT2D eigenvalue weighted by molar-refractivity contribution is 7.89. The summed E-state index contributed by atoms with van der Waals surface area (Å²) < 4.78 is 26.3. The monoisotopic (exact) mass is 272 g/mol.